The number of aryl methyl sites for hydroxylation is 1. The number of benzene rings is 2. The molecule has 25 heavy (non-hydrogen) atoms. The van der Waals surface area contributed by atoms with Gasteiger partial charge in [-0.05, 0) is 57.2 Å². The van der Waals surface area contributed by atoms with Crippen molar-refractivity contribution >= 4 is 21.8 Å². The van der Waals surface area contributed by atoms with Crippen LogP contribution in [0, 0.1) is 6.92 Å². The molecule has 2 amide bonds. The molecule has 0 atom stereocenters. The van der Waals surface area contributed by atoms with Gasteiger partial charge in [0, 0.05) is 17.2 Å². The van der Waals surface area contributed by atoms with Crippen molar-refractivity contribution in [1.29, 1.82) is 0 Å². The van der Waals surface area contributed by atoms with Gasteiger partial charge in [-0.3, -0.25) is 9.59 Å². The van der Waals surface area contributed by atoms with Crippen LogP contribution in [0.2, 0.25) is 0 Å². The molecule has 0 saturated carbocycles. The van der Waals surface area contributed by atoms with Gasteiger partial charge < -0.3 is 5.32 Å². The highest BCUT2D eigenvalue weighted by molar-refractivity contribution is 7.90. The number of hydrogen-bond acceptors (Lipinski definition) is 4. The Kier molecular flexibility index (Phi) is 5.58. The van der Waals surface area contributed by atoms with Crippen molar-refractivity contribution < 1.29 is 18.0 Å². The number of carbonyl (C=O) groups excluding carboxylic acids is 2. The first kappa shape index (κ1) is 18.7. The third-order valence-corrected chi connectivity index (χ3v) is 4.70. The molecule has 2 N–H and O–H groups in total. The molecule has 0 radical (unpaired) electrons. The molecule has 0 spiro atoms. The Balaban J connectivity index is 2.16. The molecule has 0 aliphatic carbocycles. The van der Waals surface area contributed by atoms with Gasteiger partial charge in [-0.1, -0.05) is 17.7 Å². The number of sulfonamides is 1. The topological polar surface area (TPSA) is 92.3 Å². The Bertz CT molecular complexity index is 888. The average molecular weight is 360 g/mol. The Morgan fingerprint density at radius 1 is 0.920 bits per heavy atom. The summed E-state index contributed by atoms with van der Waals surface area (Å²) in [4.78, 5) is 23.9. The average Bonchev–Trinajstić information content (AvgIpc) is 2.54. The summed E-state index contributed by atoms with van der Waals surface area (Å²) in [5.74, 6) is -0.993. The second-order valence-corrected chi connectivity index (χ2v) is 7.64. The highest BCUT2D eigenvalue weighted by atomic mass is 32.2. The molecule has 0 unspecified atom stereocenters. The van der Waals surface area contributed by atoms with Crippen molar-refractivity contribution in [3.63, 3.8) is 0 Å². The molecule has 2 aromatic carbocycles. The molecule has 132 valence electrons. The summed E-state index contributed by atoms with van der Waals surface area (Å²) < 4.78 is 26.7. The fourth-order valence-corrected chi connectivity index (χ4v) is 3.13. The zero-order valence-electron chi connectivity index (χ0n) is 14.2. The molecule has 0 aromatic heterocycles. The van der Waals surface area contributed by atoms with E-state index in [9.17, 15) is 18.0 Å². The lowest BCUT2D eigenvalue weighted by atomic mass is 10.1. The van der Waals surface area contributed by atoms with E-state index in [1.165, 1.54) is 30.3 Å². The second-order valence-electron chi connectivity index (χ2n) is 5.96. The van der Waals surface area contributed by atoms with E-state index in [0.29, 0.717) is 5.56 Å². The molecule has 7 heteroatoms. The maximum absolute atomic E-state index is 12.3. The Morgan fingerprint density at radius 3 is 2.12 bits per heavy atom. The first-order valence-electron chi connectivity index (χ1n) is 7.74. The molecule has 0 aliphatic heterocycles. The maximum atomic E-state index is 12.3. The number of amides is 2. The molecule has 6 nitrogen and oxygen atoms in total. The third kappa shape index (κ3) is 4.90. The molecule has 2 aromatic rings. The first-order chi connectivity index (χ1) is 11.7. The van der Waals surface area contributed by atoms with Crippen LogP contribution < -0.4 is 10.0 Å². The van der Waals surface area contributed by atoms with Crippen LogP contribution in [0.1, 0.15) is 40.1 Å². The minimum atomic E-state index is -4.02. The van der Waals surface area contributed by atoms with E-state index in [0.717, 1.165) is 5.56 Å². The van der Waals surface area contributed by atoms with Crippen LogP contribution in [0.15, 0.2) is 53.4 Å². The second kappa shape index (κ2) is 7.48. The van der Waals surface area contributed by atoms with Crippen LogP contribution in [0.25, 0.3) is 0 Å². The molecule has 2 rings (SSSR count). The molecule has 0 aliphatic rings. The van der Waals surface area contributed by atoms with E-state index in [1.807, 2.05) is 31.6 Å². The molecule has 0 bridgehead atoms. The van der Waals surface area contributed by atoms with Gasteiger partial charge in [0.1, 0.15) is 0 Å². The van der Waals surface area contributed by atoms with Gasteiger partial charge in [-0.25, -0.2) is 13.1 Å². The highest BCUT2D eigenvalue weighted by Crippen LogP contribution is 2.12. The predicted molar refractivity (Wildman–Crippen MR) is 94.9 cm³/mol. The zero-order chi connectivity index (χ0) is 18.6. The lowest BCUT2D eigenvalue weighted by Crippen LogP contribution is -2.31. The zero-order valence-corrected chi connectivity index (χ0v) is 15.1. The summed E-state index contributed by atoms with van der Waals surface area (Å²) in [5, 5.41) is 2.72. The molecular formula is C18H20N2O4S. The number of rotatable bonds is 5. The summed E-state index contributed by atoms with van der Waals surface area (Å²) >= 11 is 0. The molecular weight excluding hydrogens is 340 g/mol. The smallest absolute Gasteiger partial charge is 0.265 e. The standard InChI is InChI=1S/C18H20N2O4S/c1-12(2)19-17(21)14-7-9-16(10-8-14)25(23,24)20-18(22)15-6-4-5-13(3)11-15/h4-12H,1-3H3,(H,19,21)(H,20,22). The lowest BCUT2D eigenvalue weighted by Gasteiger charge is -2.10. The molecule has 0 fully saturated rings. The summed E-state index contributed by atoms with van der Waals surface area (Å²) in [6.07, 6.45) is 0. The minimum absolute atomic E-state index is 0.0236. The molecule has 0 heterocycles. The fourth-order valence-electron chi connectivity index (χ4n) is 2.16. The minimum Gasteiger partial charge on any atom is -0.350 e. The van der Waals surface area contributed by atoms with Crippen LogP contribution in [0.4, 0.5) is 0 Å². The Hall–Kier alpha value is -2.67. The first-order valence-corrected chi connectivity index (χ1v) is 9.22. The summed E-state index contributed by atoms with van der Waals surface area (Å²) in [6, 6.07) is 12.0. The summed E-state index contributed by atoms with van der Waals surface area (Å²) in [7, 11) is -4.02. The van der Waals surface area contributed by atoms with E-state index in [2.05, 4.69) is 5.32 Å². The lowest BCUT2D eigenvalue weighted by molar-refractivity contribution is 0.0941. The van der Waals surface area contributed by atoms with Crippen molar-refractivity contribution in [2.24, 2.45) is 0 Å². The summed E-state index contributed by atoms with van der Waals surface area (Å²) in [5.41, 5.74) is 1.46. The van der Waals surface area contributed by atoms with Crippen LogP contribution >= 0.6 is 0 Å². The van der Waals surface area contributed by atoms with Gasteiger partial charge in [0.25, 0.3) is 21.8 Å². The SMILES string of the molecule is Cc1cccc(C(=O)NS(=O)(=O)c2ccc(C(=O)NC(C)C)cc2)c1. The number of nitrogens with one attached hydrogen (secondary N) is 2. The third-order valence-electron chi connectivity index (χ3n) is 3.35. The van der Waals surface area contributed by atoms with Gasteiger partial charge >= 0.3 is 0 Å². The summed E-state index contributed by atoms with van der Waals surface area (Å²) in [6.45, 7) is 5.47. The highest BCUT2D eigenvalue weighted by Gasteiger charge is 2.19. The Labute approximate surface area is 147 Å². The van der Waals surface area contributed by atoms with Crippen LogP contribution in [-0.4, -0.2) is 26.3 Å². The van der Waals surface area contributed by atoms with Gasteiger partial charge in [0.2, 0.25) is 0 Å². The Morgan fingerprint density at radius 2 is 1.56 bits per heavy atom. The monoisotopic (exact) mass is 360 g/mol. The normalized spacial score (nSPS) is 11.2. The van der Waals surface area contributed by atoms with E-state index in [-0.39, 0.29) is 22.4 Å². The van der Waals surface area contributed by atoms with E-state index < -0.39 is 15.9 Å². The predicted octanol–water partition coefficient (Wildman–Crippen LogP) is 2.25. The van der Waals surface area contributed by atoms with E-state index in [1.54, 1.807) is 12.1 Å². The van der Waals surface area contributed by atoms with Gasteiger partial charge in [-0.15, -0.1) is 0 Å². The van der Waals surface area contributed by atoms with Crippen molar-refractivity contribution in [2.75, 3.05) is 0 Å². The van der Waals surface area contributed by atoms with Gasteiger partial charge in [0.05, 0.1) is 4.90 Å². The van der Waals surface area contributed by atoms with Crippen molar-refractivity contribution in [2.45, 2.75) is 31.7 Å². The van der Waals surface area contributed by atoms with E-state index >= 15 is 0 Å². The maximum Gasteiger partial charge on any atom is 0.265 e. The van der Waals surface area contributed by atoms with Crippen LogP contribution in [0.3, 0.4) is 0 Å². The van der Waals surface area contributed by atoms with Crippen molar-refractivity contribution in [3.05, 3.63) is 65.2 Å². The molecule has 0 saturated heterocycles. The van der Waals surface area contributed by atoms with Crippen molar-refractivity contribution in [3.8, 4) is 0 Å². The largest absolute Gasteiger partial charge is 0.350 e. The van der Waals surface area contributed by atoms with Gasteiger partial charge in [0.15, 0.2) is 0 Å². The fraction of sp³-hybridized carbons (Fsp3) is 0.222. The van der Waals surface area contributed by atoms with E-state index in [4.69, 9.17) is 0 Å². The van der Waals surface area contributed by atoms with Crippen LogP contribution in [0.5, 0.6) is 0 Å². The quantitative estimate of drug-likeness (QED) is 0.855. The van der Waals surface area contributed by atoms with Crippen LogP contribution in [-0.2, 0) is 10.0 Å². The van der Waals surface area contributed by atoms with Gasteiger partial charge in [-0.2, -0.15) is 0 Å². The van der Waals surface area contributed by atoms with Crippen molar-refractivity contribution in [1.82, 2.24) is 10.0 Å². The number of hydrogen-bond donors (Lipinski definition) is 2. The number of carbonyl (C=O) groups is 2.